The number of hydrogen-bond acceptors (Lipinski definition) is 4. The molecule has 4 atom stereocenters. The van der Waals surface area contributed by atoms with Gasteiger partial charge in [0.25, 0.3) is 5.91 Å². The van der Waals surface area contributed by atoms with Crippen LogP contribution in [0.1, 0.15) is 48.0 Å². The summed E-state index contributed by atoms with van der Waals surface area (Å²) in [6.07, 6.45) is 7.65. The van der Waals surface area contributed by atoms with Gasteiger partial charge in [0, 0.05) is 17.4 Å². The molecule has 1 aliphatic carbocycles. The van der Waals surface area contributed by atoms with Gasteiger partial charge in [0.15, 0.2) is 0 Å². The average molecular weight is 528 g/mol. The van der Waals surface area contributed by atoms with Crippen molar-refractivity contribution in [2.45, 2.75) is 49.7 Å². The molecule has 0 aromatic heterocycles. The lowest BCUT2D eigenvalue weighted by atomic mass is 9.68. The van der Waals surface area contributed by atoms with E-state index in [4.69, 9.17) is 9.47 Å². The first-order valence-electron chi connectivity index (χ1n) is 13.6. The highest BCUT2D eigenvalue weighted by atomic mass is 19.1. The van der Waals surface area contributed by atoms with E-state index in [0.717, 1.165) is 31.2 Å². The van der Waals surface area contributed by atoms with Crippen molar-refractivity contribution in [3.63, 3.8) is 0 Å². The van der Waals surface area contributed by atoms with Crippen molar-refractivity contribution >= 4 is 11.9 Å². The Labute approximate surface area is 229 Å². The molecule has 6 heteroatoms. The van der Waals surface area contributed by atoms with E-state index in [1.54, 1.807) is 0 Å². The number of hydrogen-bond donors (Lipinski definition) is 1. The zero-order chi connectivity index (χ0) is 27.2. The van der Waals surface area contributed by atoms with E-state index >= 15 is 0 Å². The van der Waals surface area contributed by atoms with Crippen LogP contribution in [0.3, 0.4) is 0 Å². The van der Waals surface area contributed by atoms with Crippen LogP contribution in [0, 0.1) is 11.7 Å². The van der Waals surface area contributed by atoms with Crippen LogP contribution >= 0.6 is 0 Å². The van der Waals surface area contributed by atoms with Crippen LogP contribution in [0.2, 0.25) is 0 Å². The van der Waals surface area contributed by atoms with E-state index in [9.17, 15) is 14.0 Å². The minimum absolute atomic E-state index is 0.0994. The van der Waals surface area contributed by atoms with Gasteiger partial charge in [-0.2, -0.15) is 0 Å². The molecule has 1 amide bonds. The molecule has 1 N–H and O–H groups in total. The highest BCUT2D eigenvalue weighted by Crippen LogP contribution is 2.55. The monoisotopic (exact) mass is 527 g/mol. The molecule has 39 heavy (non-hydrogen) atoms. The maximum absolute atomic E-state index is 13.5. The molecule has 0 unspecified atom stereocenters. The van der Waals surface area contributed by atoms with Crippen LogP contribution in [-0.4, -0.2) is 37.7 Å². The van der Waals surface area contributed by atoms with Gasteiger partial charge in [-0.25, -0.2) is 4.39 Å². The molecule has 0 spiro atoms. The van der Waals surface area contributed by atoms with Gasteiger partial charge in [0.1, 0.15) is 5.82 Å². The number of halogens is 1. The number of fused-ring (bicyclic) bond motifs is 2. The van der Waals surface area contributed by atoms with Crippen LogP contribution in [0.5, 0.6) is 0 Å². The molecule has 1 heterocycles. The van der Waals surface area contributed by atoms with E-state index in [1.807, 2.05) is 18.2 Å². The fourth-order valence-corrected chi connectivity index (χ4v) is 6.23. The van der Waals surface area contributed by atoms with Crippen molar-refractivity contribution in [2.75, 3.05) is 13.7 Å². The number of ether oxygens (including phenoxy) is 2. The number of methoxy groups -OCH3 is 1. The van der Waals surface area contributed by atoms with Crippen molar-refractivity contribution < 1.29 is 23.5 Å². The van der Waals surface area contributed by atoms with Crippen molar-refractivity contribution in [2.24, 2.45) is 5.92 Å². The van der Waals surface area contributed by atoms with Gasteiger partial charge in [-0.1, -0.05) is 66.7 Å². The number of rotatable bonds is 10. The van der Waals surface area contributed by atoms with E-state index < -0.39 is 0 Å². The Bertz CT molecular complexity index is 1320. The molecular weight excluding hydrogens is 493 g/mol. The number of nitrogens with one attached hydrogen (secondary N) is 1. The number of esters is 1. The number of benzene rings is 3. The molecule has 2 bridgehead atoms. The third kappa shape index (κ3) is 5.66. The Morgan fingerprint density at radius 1 is 1.03 bits per heavy atom. The molecule has 1 saturated carbocycles. The summed E-state index contributed by atoms with van der Waals surface area (Å²) in [7, 11) is 1.41. The predicted molar refractivity (Wildman–Crippen MR) is 149 cm³/mol. The molecule has 2 aliphatic rings. The summed E-state index contributed by atoms with van der Waals surface area (Å²) >= 11 is 0. The van der Waals surface area contributed by atoms with Crippen molar-refractivity contribution in [1.82, 2.24) is 5.32 Å². The Morgan fingerprint density at radius 3 is 2.54 bits per heavy atom. The number of amides is 1. The highest BCUT2D eigenvalue weighted by molar-refractivity contribution is 5.94. The normalized spacial score (nSPS) is 23.7. The molecule has 5 rings (SSSR count). The molecule has 3 aromatic carbocycles. The van der Waals surface area contributed by atoms with E-state index in [-0.39, 0.29) is 41.2 Å². The highest BCUT2D eigenvalue weighted by Gasteiger charge is 2.60. The SMILES string of the molecule is COC(=O)CCC/C=C\C[C@H]1[C@H](NC(=O)c2ccc(F)cc2)[C@@H]2C[C@@]1(c1ccccc1-c1ccccc1)CO2. The summed E-state index contributed by atoms with van der Waals surface area (Å²) in [5, 5.41) is 3.24. The standard InChI is InChI=1S/C33H34FNO4/c1-38-30(36)16-8-3-2-7-15-28-31(35-32(37)24-17-19-25(34)20-18-24)29-21-33(28,22-39-29)27-14-10-9-13-26(27)23-11-5-4-6-12-23/h2,4-7,9-14,17-20,28-29,31H,3,8,15-16,21-22H2,1H3,(H,35,37)/b7-2-/t28-,29-,31-,33-/m0/s1. The molecule has 0 radical (unpaired) electrons. The number of unbranched alkanes of at least 4 members (excludes halogenated alkanes) is 1. The summed E-state index contributed by atoms with van der Waals surface area (Å²) in [6.45, 7) is 0.589. The van der Waals surface area contributed by atoms with Crippen molar-refractivity contribution in [1.29, 1.82) is 0 Å². The maximum Gasteiger partial charge on any atom is 0.305 e. The first-order chi connectivity index (χ1) is 19.0. The Morgan fingerprint density at radius 2 is 1.77 bits per heavy atom. The molecule has 1 saturated heterocycles. The molecule has 3 aromatic rings. The van der Waals surface area contributed by atoms with Crippen LogP contribution in [0.25, 0.3) is 11.1 Å². The number of carbonyl (C=O) groups is 2. The van der Waals surface area contributed by atoms with Crippen LogP contribution in [0.4, 0.5) is 4.39 Å². The molecule has 202 valence electrons. The number of allylic oxidation sites excluding steroid dienone is 2. The quantitative estimate of drug-likeness (QED) is 0.193. The molecule has 2 fully saturated rings. The van der Waals surface area contributed by atoms with Crippen LogP contribution in [0.15, 0.2) is 91.0 Å². The smallest absolute Gasteiger partial charge is 0.305 e. The second kappa shape index (κ2) is 12.0. The zero-order valence-electron chi connectivity index (χ0n) is 22.1. The van der Waals surface area contributed by atoms with Gasteiger partial charge in [0.05, 0.1) is 25.9 Å². The Kier molecular flexibility index (Phi) is 8.22. The van der Waals surface area contributed by atoms with E-state index in [0.29, 0.717) is 18.6 Å². The summed E-state index contributed by atoms with van der Waals surface area (Å²) in [6, 6.07) is 24.3. The molecular formula is C33H34FNO4. The van der Waals surface area contributed by atoms with Crippen molar-refractivity contribution in [3.05, 3.63) is 108 Å². The average Bonchev–Trinajstić information content (AvgIpc) is 3.54. The summed E-state index contributed by atoms with van der Waals surface area (Å²) < 4.78 is 24.5. The lowest BCUT2D eigenvalue weighted by molar-refractivity contribution is -0.140. The van der Waals surface area contributed by atoms with Gasteiger partial charge in [0.2, 0.25) is 0 Å². The fraction of sp³-hybridized carbons (Fsp3) is 0.333. The fourth-order valence-electron chi connectivity index (χ4n) is 6.23. The predicted octanol–water partition coefficient (Wildman–Crippen LogP) is 6.24. The van der Waals surface area contributed by atoms with Crippen molar-refractivity contribution in [3.8, 4) is 11.1 Å². The zero-order valence-corrected chi connectivity index (χ0v) is 22.1. The minimum Gasteiger partial charge on any atom is -0.469 e. The summed E-state index contributed by atoms with van der Waals surface area (Å²) in [5.74, 6) is -0.702. The maximum atomic E-state index is 13.5. The van der Waals surface area contributed by atoms with E-state index in [1.165, 1.54) is 42.5 Å². The van der Waals surface area contributed by atoms with Crippen LogP contribution in [-0.2, 0) is 19.7 Å². The second-order valence-corrected chi connectivity index (χ2v) is 10.4. The lowest BCUT2D eigenvalue weighted by Gasteiger charge is -2.40. The first kappa shape index (κ1) is 26.8. The van der Waals surface area contributed by atoms with Gasteiger partial charge >= 0.3 is 5.97 Å². The molecule has 1 aliphatic heterocycles. The molecule has 5 nitrogen and oxygen atoms in total. The summed E-state index contributed by atoms with van der Waals surface area (Å²) in [5.41, 5.74) is 3.73. The van der Waals surface area contributed by atoms with Gasteiger partial charge in [-0.05, 0) is 72.6 Å². The summed E-state index contributed by atoms with van der Waals surface area (Å²) in [4.78, 5) is 24.7. The van der Waals surface area contributed by atoms with Gasteiger partial charge < -0.3 is 14.8 Å². The number of carbonyl (C=O) groups excluding carboxylic acids is 2. The third-order valence-corrected chi connectivity index (χ3v) is 8.15. The van der Waals surface area contributed by atoms with Crippen LogP contribution < -0.4 is 5.32 Å². The van der Waals surface area contributed by atoms with Gasteiger partial charge in [-0.3, -0.25) is 9.59 Å². The minimum atomic E-state index is -0.374. The Hall–Kier alpha value is -3.77. The largest absolute Gasteiger partial charge is 0.469 e. The van der Waals surface area contributed by atoms with Gasteiger partial charge in [-0.15, -0.1) is 0 Å². The van der Waals surface area contributed by atoms with E-state index in [2.05, 4.69) is 53.9 Å². The topological polar surface area (TPSA) is 64.6 Å². The lowest BCUT2D eigenvalue weighted by Crippen LogP contribution is -2.51. The first-order valence-corrected chi connectivity index (χ1v) is 13.6. The second-order valence-electron chi connectivity index (χ2n) is 10.4. The third-order valence-electron chi connectivity index (χ3n) is 8.15. The Balaban J connectivity index is 1.44.